The Labute approximate surface area is 155 Å². The van der Waals surface area contributed by atoms with Crippen LogP contribution < -0.4 is 5.32 Å². The Bertz CT molecular complexity index is 1030. The second kappa shape index (κ2) is 7.52. The molecule has 0 fully saturated rings. The average Bonchev–Trinajstić information content (AvgIpc) is 3.28. The van der Waals surface area contributed by atoms with Gasteiger partial charge in [-0.25, -0.2) is 19.9 Å². The van der Waals surface area contributed by atoms with Gasteiger partial charge in [-0.3, -0.25) is 14.3 Å². The number of carbonyl (C=O) groups is 1. The van der Waals surface area contributed by atoms with Crippen molar-refractivity contribution in [1.29, 1.82) is 0 Å². The maximum atomic E-state index is 12.4. The van der Waals surface area contributed by atoms with E-state index in [1.807, 2.05) is 24.3 Å². The lowest BCUT2D eigenvalue weighted by Crippen LogP contribution is -2.24. The third-order valence-electron chi connectivity index (χ3n) is 3.89. The number of imidazole rings is 1. The summed E-state index contributed by atoms with van der Waals surface area (Å²) in [6.45, 7) is 0.324. The second-order valence-corrected chi connectivity index (χ2v) is 5.68. The van der Waals surface area contributed by atoms with E-state index in [4.69, 9.17) is 0 Å². The predicted molar refractivity (Wildman–Crippen MR) is 97.8 cm³/mol. The molecule has 0 radical (unpaired) electrons. The maximum Gasteiger partial charge on any atom is 0.254 e. The molecule has 27 heavy (non-hydrogen) atoms. The van der Waals surface area contributed by atoms with E-state index in [0.29, 0.717) is 17.9 Å². The molecular weight excluding hydrogens is 342 g/mol. The van der Waals surface area contributed by atoms with Crippen molar-refractivity contribution in [2.24, 2.45) is 0 Å². The van der Waals surface area contributed by atoms with E-state index in [-0.39, 0.29) is 5.91 Å². The molecule has 0 aliphatic carbocycles. The largest absolute Gasteiger partial charge is 0.348 e. The summed E-state index contributed by atoms with van der Waals surface area (Å²) >= 11 is 0. The summed E-state index contributed by atoms with van der Waals surface area (Å²) in [5.74, 6) is 0.987. The van der Waals surface area contributed by atoms with Crippen molar-refractivity contribution in [3.8, 4) is 17.2 Å². The summed E-state index contributed by atoms with van der Waals surface area (Å²) in [6, 6.07) is 7.41. The highest BCUT2D eigenvalue weighted by atomic mass is 16.1. The Morgan fingerprint density at radius 1 is 0.963 bits per heavy atom. The first kappa shape index (κ1) is 16.5. The predicted octanol–water partition coefficient (Wildman–Crippen LogP) is 2.05. The molecule has 1 amide bonds. The van der Waals surface area contributed by atoms with Gasteiger partial charge in [0.2, 0.25) is 0 Å². The van der Waals surface area contributed by atoms with Gasteiger partial charge in [0.15, 0.2) is 5.82 Å². The molecule has 4 rings (SSSR count). The van der Waals surface area contributed by atoms with Crippen LogP contribution in [0.1, 0.15) is 15.9 Å². The molecule has 4 aromatic heterocycles. The van der Waals surface area contributed by atoms with Gasteiger partial charge in [0, 0.05) is 61.0 Å². The van der Waals surface area contributed by atoms with Crippen LogP contribution in [0.4, 0.5) is 0 Å². The van der Waals surface area contributed by atoms with Crippen LogP contribution in [-0.2, 0) is 6.54 Å². The summed E-state index contributed by atoms with van der Waals surface area (Å²) in [6.07, 6.45) is 13.2. The van der Waals surface area contributed by atoms with Gasteiger partial charge in [0.1, 0.15) is 12.1 Å². The monoisotopic (exact) mass is 357 g/mol. The third-order valence-corrected chi connectivity index (χ3v) is 3.89. The molecule has 0 bridgehead atoms. The van der Waals surface area contributed by atoms with E-state index in [9.17, 15) is 4.79 Å². The molecule has 8 heteroatoms. The van der Waals surface area contributed by atoms with Crippen molar-refractivity contribution in [2.75, 3.05) is 0 Å². The summed E-state index contributed by atoms with van der Waals surface area (Å²) in [7, 11) is 0. The van der Waals surface area contributed by atoms with E-state index in [1.54, 1.807) is 41.9 Å². The van der Waals surface area contributed by atoms with E-state index >= 15 is 0 Å². The average molecular weight is 357 g/mol. The van der Waals surface area contributed by atoms with Gasteiger partial charge < -0.3 is 5.32 Å². The molecule has 8 nitrogen and oxygen atoms in total. The van der Waals surface area contributed by atoms with Crippen molar-refractivity contribution in [2.45, 2.75) is 6.54 Å². The quantitative estimate of drug-likeness (QED) is 0.587. The highest BCUT2D eigenvalue weighted by Gasteiger charge is 2.10. The molecule has 132 valence electrons. The molecular formula is C19H15N7O. The van der Waals surface area contributed by atoms with Crippen molar-refractivity contribution < 1.29 is 4.79 Å². The minimum Gasteiger partial charge on any atom is -0.348 e. The first-order valence-electron chi connectivity index (χ1n) is 8.24. The number of nitrogens with one attached hydrogen (secondary N) is 1. The topological polar surface area (TPSA) is 98.5 Å². The standard InChI is InChI=1S/C19H15N7O/c27-19(16-11-23-17(24-12-16)14-3-1-5-20-9-14)25-10-15-4-2-6-22-18(15)26-8-7-21-13-26/h1-9,11-13H,10H2,(H,25,27). The number of aromatic nitrogens is 6. The van der Waals surface area contributed by atoms with Gasteiger partial charge in [-0.2, -0.15) is 0 Å². The number of hydrogen-bond acceptors (Lipinski definition) is 6. The van der Waals surface area contributed by atoms with Gasteiger partial charge in [0.05, 0.1) is 5.56 Å². The Morgan fingerprint density at radius 2 is 1.81 bits per heavy atom. The molecule has 0 aromatic carbocycles. The lowest BCUT2D eigenvalue weighted by atomic mass is 10.2. The molecule has 0 atom stereocenters. The van der Waals surface area contributed by atoms with Gasteiger partial charge in [-0.15, -0.1) is 0 Å². The van der Waals surface area contributed by atoms with E-state index in [0.717, 1.165) is 16.9 Å². The Hall–Kier alpha value is -3.94. The number of rotatable bonds is 5. The van der Waals surface area contributed by atoms with Gasteiger partial charge >= 0.3 is 0 Å². The van der Waals surface area contributed by atoms with Crippen LogP contribution in [-0.4, -0.2) is 35.4 Å². The van der Waals surface area contributed by atoms with E-state index < -0.39 is 0 Å². The molecule has 0 saturated carbocycles. The van der Waals surface area contributed by atoms with Crippen molar-refractivity contribution in [3.05, 3.63) is 85.1 Å². The van der Waals surface area contributed by atoms with Crippen LogP contribution in [0.3, 0.4) is 0 Å². The highest BCUT2D eigenvalue weighted by molar-refractivity contribution is 5.93. The Morgan fingerprint density at radius 3 is 2.56 bits per heavy atom. The first-order valence-corrected chi connectivity index (χ1v) is 8.24. The van der Waals surface area contributed by atoms with Gasteiger partial charge in [-0.05, 0) is 18.2 Å². The number of carbonyl (C=O) groups excluding carboxylic acids is 1. The molecule has 4 aromatic rings. The fourth-order valence-electron chi connectivity index (χ4n) is 2.55. The summed E-state index contributed by atoms with van der Waals surface area (Å²) in [5.41, 5.74) is 2.05. The zero-order valence-corrected chi connectivity index (χ0v) is 14.2. The minimum absolute atomic E-state index is 0.256. The van der Waals surface area contributed by atoms with Crippen LogP contribution in [0.5, 0.6) is 0 Å². The first-order chi connectivity index (χ1) is 13.3. The number of nitrogens with zero attached hydrogens (tertiary/aromatic N) is 6. The van der Waals surface area contributed by atoms with Gasteiger partial charge in [-0.1, -0.05) is 6.07 Å². The normalized spacial score (nSPS) is 10.5. The van der Waals surface area contributed by atoms with Crippen LogP contribution >= 0.6 is 0 Å². The summed E-state index contributed by atoms with van der Waals surface area (Å²) in [5, 5.41) is 2.87. The maximum absolute atomic E-state index is 12.4. The summed E-state index contributed by atoms with van der Waals surface area (Å²) < 4.78 is 1.80. The van der Waals surface area contributed by atoms with E-state index in [2.05, 4.69) is 30.2 Å². The molecule has 1 N–H and O–H groups in total. The van der Waals surface area contributed by atoms with Crippen molar-refractivity contribution in [1.82, 2.24) is 34.8 Å². The molecule has 0 aliphatic rings. The summed E-state index contributed by atoms with van der Waals surface area (Å²) in [4.78, 5) is 33.3. The number of hydrogen-bond donors (Lipinski definition) is 1. The van der Waals surface area contributed by atoms with Gasteiger partial charge in [0.25, 0.3) is 5.91 Å². The smallest absolute Gasteiger partial charge is 0.254 e. The van der Waals surface area contributed by atoms with Crippen molar-refractivity contribution >= 4 is 5.91 Å². The zero-order chi connectivity index (χ0) is 18.5. The van der Waals surface area contributed by atoms with Crippen LogP contribution in [0, 0.1) is 0 Å². The fourth-order valence-corrected chi connectivity index (χ4v) is 2.55. The highest BCUT2D eigenvalue weighted by Crippen LogP contribution is 2.13. The van der Waals surface area contributed by atoms with Crippen LogP contribution in [0.15, 0.2) is 74.0 Å². The zero-order valence-electron chi connectivity index (χ0n) is 14.2. The molecule has 0 aliphatic heterocycles. The Kier molecular flexibility index (Phi) is 4.60. The number of pyridine rings is 2. The number of amides is 1. The Balaban J connectivity index is 1.46. The second-order valence-electron chi connectivity index (χ2n) is 5.68. The third kappa shape index (κ3) is 3.69. The minimum atomic E-state index is -0.256. The lowest BCUT2D eigenvalue weighted by Gasteiger charge is -2.10. The lowest BCUT2D eigenvalue weighted by molar-refractivity contribution is 0.0950. The molecule has 0 spiro atoms. The van der Waals surface area contributed by atoms with Crippen LogP contribution in [0.2, 0.25) is 0 Å². The molecule has 0 saturated heterocycles. The molecule has 4 heterocycles. The van der Waals surface area contributed by atoms with Crippen molar-refractivity contribution in [3.63, 3.8) is 0 Å². The van der Waals surface area contributed by atoms with E-state index in [1.165, 1.54) is 12.4 Å². The molecule has 0 unspecified atom stereocenters. The SMILES string of the molecule is O=C(NCc1cccnc1-n1ccnc1)c1cnc(-c2cccnc2)nc1. The van der Waals surface area contributed by atoms with Crippen LogP contribution in [0.25, 0.3) is 17.2 Å². The fraction of sp³-hybridized carbons (Fsp3) is 0.0526.